The van der Waals surface area contributed by atoms with E-state index in [9.17, 15) is 0 Å². The van der Waals surface area contributed by atoms with Crippen molar-refractivity contribution in [1.82, 2.24) is 4.90 Å². The van der Waals surface area contributed by atoms with Gasteiger partial charge in [0.25, 0.3) is 0 Å². The van der Waals surface area contributed by atoms with Gasteiger partial charge in [0.05, 0.1) is 19.4 Å². The minimum absolute atomic E-state index is 0.513. The number of nitrogens with zero attached hydrogens (tertiary/aromatic N) is 1. The van der Waals surface area contributed by atoms with E-state index in [0.29, 0.717) is 6.54 Å². The van der Waals surface area contributed by atoms with Crippen molar-refractivity contribution in [2.24, 2.45) is 5.73 Å². The van der Waals surface area contributed by atoms with Crippen molar-refractivity contribution in [3.8, 4) is 0 Å². The molecule has 0 aromatic carbocycles. The molecule has 0 unspecified atom stereocenters. The Hall–Kier alpha value is -1.52. The van der Waals surface area contributed by atoms with Crippen molar-refractivity contribution in [3.05, 3.63) is 47.3 Å². The Balaban J connectivity index is 1.95. The topological polar surface area (TPSA) is 55.5 Å². The Morgan fingerprint density at radius 2 is 2.06 bits per heavy atom. The quantitative estimate of drug-likeness (QED) is 0.862. The highest BCUT2D eigenvalue weighted by atomic mass is 16.3. The average Bonchev–Trinajstić information content (AvgIpc) is 2.87. The largest absolute Gasteiger partial charge is 0.468 e. The number of hydrogen-bond donors (Lipinski definition) is 1. The predicted octanol–water partition coefficient (Wildman–Crippen LogP) is 2.27. The molecule has 17 heavy (non-hydrogen) atoms. The van der Waals surface area contributed by atoms with Crippen LogP contribution in [0.15, 0.2) is 33.3 Å². The maximum atomic E-state index is 5.63. The van der Waals surface area contributed by atoms with Crippen LogP contribution in [0, 0.1) is 6.92 Å². The Labute approximate surface area is 101 Å². The molecule has 0 aliphatic rings. The van der Waals surface area contributed by atoms with E-state index in [1.54, 1.807) is 6.26 Å². The van der Waals surface area contributed by atoms with Crippen molar-refractivity contribution in [2.75, 3.05) is 7.05 Å². The number of furan rings is 2. The minimum Gasteiger partial charge on any atom is -0.468 e. The summed E-state index contributed by atoms with van der Waals surface area (Å²) in [4.78, 5) is 2.14. The van der Waals surface area contributed by atoms with Gasteiger partial charge in [0.1, 0.15) is 17.3 Å². The van der Waals surface area contributed by atoms with Gasteiger partial charge in [0.15, 0.2) is 0 Å². The van der Waals surface area contributed by atoms with E-state index in [2.05, 4.69) is 4.90 Å². The van der Waals surface area contributed by atoms with Gasteiger partial charge in [0.2, 0.25) is 0 Å². The lowest BCUT2D eigenvalue weighted by Gasteiger charge is -2.14. The predicted molar refractivity (Wildman–Crippen MR) is 65.2 cm³/mol. The molecule has 2 aromatic rings. The van der Waals surface area contributed by atoms with Gasteiger partial charge in [-0.15, -0.1) is 0 Å². The molecule has 0 saturated heterocycles. The third-order valence-corrected chi connectivity index (χ3v) is 2.69. The summed E-state index contributed by atoms with van der Waals surface area (Å²) < 4.78 is 10.9. The first-order valence-electron chi connectivity index (χ1n) is 5.68. The fraction of sp³-hybridized carbons (Fsp3) is 0.385. The summed E-state index contributed by atoms with van der Waals surface area (Å²) in [7, 11) is 2.03. The molecule has 0 aliphatic heterocycles. The number of rotatable bonds is 5. The zero-order valence-corrected chi connectivity index (χ0v) is 10.3. The smallest absolute Gasteiger partial charge is 0.122 e. The molecule has 0 bridgehead atoms. The standard InChI is InChI=1S/C13H18N2O2/c1-10-3-4-12(17-10)8-15(2)9-13-11(7-14)5-6-16-13/h3-6H,7-9,14H2,1-2H3. The fourth-order valence-corrected chi connectivity index (χ4v) is 1.82. The summed E-state index contributed by atoms with van der Waals surface area (Å²) in [5, 5.41) is 0. The summed E-state index contributed by atoms with van der Waals surface area (Å²) in [5.74, 6) is 2.83. The van der Waals surface area contributed by atoms with E-state index >= 15 is 0 Å². The van der Waals surface area contributed by atoms with E-state index < -0.39 is 0 Å². The van der Waals surface area contributed by atoms with Crippen molar-refractivity contribution < 1.29 is 8.83 Å². The Morgan fingerprint density at radius 1 is 1.24 bits per heavy atom. The fourth-order valence-electron chi connectivity index (χ4n) is 1.82. The molecule has 2 aromatic heterocycles. The van der Waals surface area contributed by atoms with Crippen LogP contribution in [0.2, 0.25) is 0 Å². The van der Waals surface area contributed by atoms with Gasteiger partial charge in [-0.05, 0) is 32.2 Å². The Kier molecular flexibility index (Phi) is 3.66. The molecule has 0 aliphatic carbocycles. The second-order valence-electron chi connectivity index (χ2n) is 4.26. The summed E-state index contributed by atoms with van der Waals surface area (Å²) in [6, 6.07) is 5.89. The van der Waals surface area contributed by atoms with Gasteiger partial charge < -0.3 is 14.6 Å². The first kappa shape index (κ1) is 12.0. The Bertz CT molecular complexity index is 473. The lowest BCUT2D eigenvalue weighted by atomic mass is 10.2. The second-order valence-corrected chi connectivity index (χ2v) is 4.26. The van der Waals surface area contributed by atoms with Crippen LogP contribution in [-0.2, 0) is 19.6 Å². The summed E-state index contributed by atoms with van der Waals surface area (Å²) in [6.45, 7) is 3.96. The Morgan fingerprint density at radius 3 is 2.71 bits per heavy atom. The minimum atomic E-state index is 0.513. The monoisotopic (exact) mass is 234 g/mol. The van der Waals surface area contributed by atoms with E-state index in [0.717, 1.165) is 35.9 Å². The third-order valence-electron chi connectivity index (χ3n) is 2.69. The van der Waals surface area contributed by atoms with Crippen LogP contribution in [-0.4, -0.2) is 11.9 Å². The van der Waals surface area contributed by atoms with Crippen LogP contribution in [0.4, 0.5) is 0 Å². The summed E-state index contributed by atoms with van der Waals surface area (Å²) >= 11 is 0. The van der Waals surface area contributed by atoms with E-state index in [1.807, 2.05) is 32.2 Å². The zero-order valence-electron chi connectivity index (χ0n) is 10.3. The number of nitrogens with two attached hydrogens (primary N) is 1. The maximum absolute atomic E-state index is 5.63. The average molecular weight is 234 g/mol. The third kappa shape index (κ3) is 2.99. The molecular weight excluding hydrogens is 216 g/mol. The zero-order chi connectivity index (χ0) is 12.3. The van der Waals surface area contributed by atoms with Crippen LogP contribution in [0.3, 0.4) is 0 Å². The molecule has 4 nitrogen and oxygen atoms in total. The van der Waals surface area contributed by atoms with Crippen molar-refractivity contribution >= 4 is 0 Å². The normalized spacial score (nSPS) is 11.3. The van der Waals surface area contributed by atoms with E-state index in [1.165, 1.54) is 0 Å². The van der Waals surface area contributed by atoms with Gasteiger partial charge in [-0.3, -0.25) is 4.90 Å². The second kappa shape index (κ2) is 5.21. The SMILES string of the molecule is Cc1ccc(CN(C)Cc2occc2CN)o1. The van der Waals surface area contributed by atoms with Crippen LogP contribution in [0.25, 0.3) is 0 Å². The van der Waals surface area contributed by atoms with Gasteiger partial charge in [-0.2, -0.15) is 0 Å². The van der Waals surface area contributed by atoms with Gasteiger partial charge in [-0.1, -0.05) is 0 Å². The van der Waals surface area contributed by atoms with Crippen LogP contribution in [0.1, 0.15) is 22.8 Å². The lowest BCUT2D eigenvalue weighted by Crippen LogP contribution is -2.17. The molecule has 0 amide bonds. The lowest BCUT2D eigenvalue weighted by molar-refractivity contribution is 0.261. The van der Waals surface area contributed by atoms with E-state index in [-0.39, 0.29) is 0 Å². The molecular formula is C13H18N2O2. The molecule has 0 atom stereocenters. The highest BCUT2D eigenvalue weighted by Gasteiger charge is 2.09. The maximum Gasteiger partial charge on any atom is 0.122 e. The van der Waals surface area contributed by atoms with Crippen LogP contribution in [0.5, 0.6) is 0 Å². The molecule has 0 saturated carbocycles. The molecule has 92 valence electrons. The number of aryl methyl sites for hydroxylation is 1. The van der Waals surface area contributed by atoms with Gasteiger partial charge >= 0.3 is 0 Å². The molecule has 2 rings (SSSR count). The number of hydrogen-bond acceptors (Lipinski definition) is 4. The van der Waals surface area contributed by atoms with Crippen molar-refractivity contribution in [2.45, 2.75) is 26.6 Å². The molecule has 4 heteroatoms. The van der Waals surface area contributed by atoms with Crippen LogP contribution >= 0.6 is 0 Å². The first-order valence-corrected chi connectivity index (χ1v) is 5.68. The summed E-state index contributed by atoms with van der Waals surface area (Å²) in [5.41, 5.74) is 6.69. The van der Waals surface area contributed by atoms with Crippen molar-refractivity contribution in [1.29, 1.82) is 0 Å². The molecule has 0 radical (unpaired) electrons. The molecule has 2 N–H and O–H groups in total. The van der Waals surface area contributed by atoms with Gasteiger partial charge in [-0.25, -0.2) is 0 Å². The van der Waals surface area contributed by atoms with Crippen LogP contribution < -0.4 is 5.73 Å². The van der Waals surface area contributed by atoms with Gasteiger partial charge in [0, 0.05) is 12.1 Å². The van der Waals surface area contributed by atoms with Crippen molar-refractivity contribution in [3.63, 3.8) is 0 Å². The highest BCUT2D eigenvalue weighted by Crippen LogP contribution is 2.14. The summed E-state index contributed by atoms with van der Waals surface area (Å²) in [6.07, 6.45) is 1.68. The highest BCUT2D eigenvalue weighted by molar-refractivity contribution is 5.16. The molecule has 2 heterocycles. The first-order chi connectivity index (χ1) is 8.19. The molecule has 0 fully saturated rings. The van der Waals surface area contributed by atoms with E-state index in [4.69, 9.17) is 14.6 Å². The molecule has 0 spiro atoms.